The van der Waals surface area contributed by atoms with Gasteiger partial charge >= 0.3 is 12.0 Å². The van der Waals surface area contributed by atoms with Crippen molar-refractivity contribution in [3.05, 3.63) is 33.0 Å². The third-order valence-electron chi connectivity index (χ3n) is 6.81. The number of rotatable bonds is 3. The Bertz CT molecular complexity index is 1130. The van der Waals surface area contributed by atoms with Gasteiger partial charge in [0.25, 0.3) is 5.91 Å². The van der Waals surface area contributed by atoms with Crippen molar-refractivity contribution in [1.82, 2.24) is 19.6 Å². The molecule has 0 aromatic carbocycles. The number of ether oxygens (including phenoxy) is 2. The third kappa shape index (κ3) is 4.07. The van der Waals surface area contributed by atoms with Gasteiger partial charge in [0.05, 0.1) is 32.4 Å². The first kappa shape index (κ1) is 22.9. The highest BCUT2D eigenvalue weighted by molar-refractivity contribution is 7.17. The van der Waals surface area contributed by atoms with Crippen LogP contribution >= 0.6 is 11.3 Å². The maximum atomic E-state index is 13.3. The van der Waals surface area contributed by atoms with Gasteiger partial charge < -0.3 is 19.3 Å². The van der Waals surface area contributed by atoms with Gasteiger partial charge in [0.15, 0.2) is 5.69 Å². The zero-order valence-electron chi connectivity index (χ0n) is 19.5. The molecule has 3 amide bonds. The summed E-state index contributed by atoms with van der Waals surface area (Å²) in [6, 6.07) is -0.289. The summed E-state index contributed by atoms with van der Waals surface area (Å²) in [4.78, 5) is 43.5. The molecule has 34 heavy (non-hydrogen) atoms. The SMILES string of the molecule is COC(=O)c1c(NC(=O)N2CCc3c(c(C(=O)N4CCOCC4)nn3C)C2)sc2c1CCCC2. The van der Waals surface area contributed by atoms with E-state index in [-0.39, 0.29) is 11.9 Å². The predicted molar refractivity (Wildman–Crippen MR) is 125 cm³/mol. The highest BCUT2D eigenvalue weighted by Gasteiger charge is 2.33. The molecule has 2 aromatic rings. The van der Waals surface area contributed by atoms with Gasteiger partial charge in [-0.1, -0.05) is 0 Å². The van der Waals surface area contributed by atoms with E-state index >= 15 is 0 Å². The van der Waals surface area contributed by atoms with Crippen LogP contribution in [0.15, 0.2) is 0 Å². The Morgan fingerprint density at radius 3 is 2.56 bits per heavy atom. The van der Waals surface area contributed by atoms with Gasteiger partial charge in [0.1, 0.15) is 5.00 Å². The molecule has 10 nitrogen and oxygen atoms in total. The van der Waals surface area contributed by atoms with Crippen molar-refractivity contribution in [2.75, 3.05) is 45.3 Å². The number of methoxy groups -OCH3 is 1. The molecule has 4 heterocycles. The van der Waals surface area contributed by atoms with E-state index < -0.39 is 5.97 Å². The van der Waals surface area contributed by atoms with E-state index in [2.05, 4.69) is 10.4 Å². The summed E-state index contributed by atoms with van der Waals surface area (Å²) in [7, 11) is 3.20. The number of morpholine rings is 1. The molecule has 1 N–H and O–H groups in total. The van der Waals surface area contributed by atoms with Crippen LogP contribution in [0.5, 0.6) is 0 Å². The zero-order chi connectivity index (χ0) is 23.8. The van der Waals surface area contributed by atoms with Crippen LogP contribution in [0.25, 0.3) is 0 Å². The average molecular weight is 488 g/mol. The number of amides is 3. The Hall–Kier alpha value is -2.92. The molecule has 3 aliphatic rings. The Morgan fingerprint density at radius 2 is 1.79 bits per heavy atom. The predicted octanol–water partition coefficient (Wildman–Crippen LogP) is 2.21. The van der Waals surface area contributed by atoms with E-state index in [4.69, 9.17) is 9.47 Å². The number of thiophene rings is 1. The molecule has 0 radical (unpaired) electrons. The lowest BCUT2D eigenvalue weighted by atomic mass is 9.95. The van der Waals surface area contributed by atoms with Crippen molar-refractivity contribution >= 4 is 34.2 Å². The number of hydrogen-bond donors (Lipinski definition) is 1. The topological polar surface area (TPSA) is 106 Å². The molecule has 11 heteroatoms. The maximum absolute atomic E-state index is 13.3. The molecule has 1 aliphatic carbocycles. The normalized spacial score (nSPS) is 17.7. The average Bonchev–Trinajstić information content (AvgIpc) is 3.40. The van der Waals surface area contributed by atoms with Crippen molar-refractivity contribution < 1.29 is 23.9 Å². The molecule has 5 rings (SSSR count). The first-order valence-corrected chi connectivity index (χ1v) is 12.5. The second-order valence-corrected chi connectivity index (χ2v) is 9.92. The molecular formula is C23H29N5O5S. The summed E-state index contributed by atoms with van der Waals surface area (Å²) in [5.41, 5.74) is 3.66. The summed E-state index contributed by atoms with van der Waals surface area (Å²) in [5.74, 6) is -0.539. The molecule has 1 saturated heterocycles. The minimum Gasteiger partial charge on any atom is -0.465 e. The van der Waals surface area contributed by atoms with Crippen LogP contribution in [0.1, 0.15) is 55.4 Å². The summed E-state index contributed by atoms with van der Waals surface area (Å²) < 4.78 is 12.1. The van der Waals surface area contributed by atoms with Crippen molar-refractivity contribution in [3.8, 4) is 0 Å². The molecule has 0 unspecified atom stereocenters. The lowest BCUT2D eigenvalue weighted by Gasteiger charge is -2.29. The van der Waals surface area contributed by atoms with Gasteiger partial charge in [-0.3, -0.25) is 14.8 Å². The van der Waals surface area contributed by atoms with Crippen molar-refractivity contribution in [3.63, 3.8) is 0 Å². The Morgan fingerprint density at radius 1 is 1.03 bits per heavy atom. The first-order chi connectivity index (χ1) is 16.5. The van der Waals surface area contributed by atoms with Crippen molar-refractivity contribution in [2.45, 2.75) is 38.6 Å². The molecule has 182 valence electrons. The van der Waals surface area contributed by atoms with Crippen molar-refractivity contribution in [2.24, 2.45) is 7.05 Å². The molecule has 2 aromatic heterocycles. The molecule has 2 aliphatic heterocycles. The van der Waals surface area contributed by atoms with Crippen LogP contribution in [-0.2, 0) is 42.3 Å². The highest BCUT2D eigenvalue weighted by Crippen LogP contribution is 2.39. The molecular weight excluding hydrogens is 458 g/mol. The smallest absolute Gasteiger partial charge is 0.341 e. The number of carbonyl (C=O) groups is 3. The van der Waals surface area contributed by atoms with Crippen LogP contribution in [0.4, 0.5) is 9.80 Å². The first-order valence-electron chi connectivity index (χ1n) is 11.7. The van der Waals surface area contributed by atoms with Crippen LogP contribution < -0.4 is 5.32 Å². The summed E-state index contributed by atoms with van der Waals surface area (Å²) in [6.45, 7) is 2.90. The molecule has 0 atom stereocenters. The van der Waals surface area contributed by atoms with Crippen LogP contribution in [0.3, 0.4) is 0 Å². The second-order valence-electron chi connectivity index (χ2n) is 8.81. The van der Waals surface area contributed by atoms with Crippen LogP contribution in [-0.4, -0.2) is 77.4 Å². The number of aromatic nitrogens is 2. The van der Waals surface area contributed by atoms with Gasteiger partial charge in [0, 0.05) is 49.2 Å². The van der Waals surface area contributed by atoms with Crippen molar-refractivity contribution in [1.29, 1.82) is 0 Å². The van der Waals surface area contributed by atoms with E-state index in [0.29, 0.717) is 62.1 Å². The monoisotopic (exact) mass is 487 g/mol. The number of nitrogens with zero attached hydrogens (tertiary/aromatic N) is 4. The summed E-state index contributed by atoms with van der Waals surface area (Å²) in [5, 5.41) is 8.02. The molecule has 0 bridgehead atoms. The molecule has 0 saturated carbocycles. The lowest BCUT2D eigenvalue weighted by Crippen LogP contribution is -2.42. The number of nitrogens with one attached hydrogen (secondary N) is 1. The minimum absolute atomic E-state index is 0.124. The largest absolute Gasteiger partial charge is 0.465 e. The van der Waals surface area contributed by atoms with Crippen LogP contribution in [0.2, 0.25) is 0 Å². The number of aryl methyl sites for hydroxylation is 2. The van der Waals surface area contributed by atoms with E-state index in [9.17, 15) is 14.4 Å². The van der Waals surface area contributed by atoms with Gasteiger partial charge in [-0.05, 0) is 31.2 Å². The fourth-order valence-electron chi connectivity index (χ4n) is 5.00. The molecule has 1 fully saturated rings. The summed E-state index contributed by atoms with van der Waals surface area (Å²) in [6.07, 6.45) is 4.44. The number of carbonyl (C=O) groups excluding carboxylic acids is 3. The fraction of sp³-hybridized carbons (Fsp3) is 0.565. The number of hydrogen-bond acceptors (Lipinski definition) is 7. The lowest BCUT2D eigenvalue weighted by molar-refractivity contribution is 0.0297. The second kappa shape index (κ2) is 9.38. The van der Waals surface area contributed by atoms with Crippen LogP contribution in [0, 0.1) is 0 Å². The highest BCUT2D eigenvalue weighted by atomic mass is 32.1. The maximum Gasteiger partial charge on any atom is 0.341 e. The standard InChI is InChI=1S/C23H29N5O5S/c1-26-16-7-8-28(13-15(16)19(25-26)21(29)27-9-11-33-12-10-27)23(31)24-20-18(22(30)32-2)14-5-3-4-6-17(14)34-20/h3-13H2,1-2H3,(H,24,31). The number of esters is 1. The van der Waals surface area contributed by atoms with Gasteiger partial charge in [0.2, 0.25) is 0 Å². The number of urea groups is 1. The zero-order valence-corrected chi connectivity index (χ0v) is 20.3. The quantitative estimate of drug-likeness (QED) is 0.666. The third-order valence-corrected chi connectivity index (χ3v) is 8.02. The van der Waals surface area contributed by atoms with E-state index in [1.807, 2.05) is 7.05 Å². The van der Waals surface area contributed by atoms with Gasteiger partial charge in [-0.25, -0.2) is 9.59 Å². The fourth-order valence-corrected chi connectivity index (χ4v) is 6.27. The summed E-state index contributed by atoms with van der Waals surface area (Å²) >= 11 is 1.47. The number of anilines is 1. The minimum atomic E-state index is -0.415. The Kier molecular flexibility index (Phi) is 6.30. The van der Waals surface area contributed by atoms with E-state index in [1.165, 1.54) is 18.4 Å². The number of fused-ring (bicyclic) bond motifs is 2. The van der Waals surface area contributed by atoms with Gasteiger partial charge in [-0.15, -0.1) is 11.3 Å². The Balaban J connectivity index is 1.37. The van der Waals surface area contributed by atoms with Gasteiger partial charge in [-0.2, -0.15) is 5.10 Å². The van der Waals surface area contributed by atoms with E-state index in [1.54, 1.807) is 14.5 Å². The molecule has 0 spiro atoms. The Labute approximate surface area is 201 Å². The van der Waals surface area contributed by atoms with E-state index in [0.717, 1.165) is 47.4 Å².